The SMILES string of the molecule is COc1ccc(N2C(=S)N[C@H](c3ccccn3)[C@@H]2c2cc(C)n(-c3ccc4c(c3)OCO4)c2C)cc1NS(C)(=O)=O. The van der Waals surface area contributed by atoms with Crippen molar-refractivity contribution in [2.24, 2.45) is 0 Å². The third-order valence-corrected chi connectivity index (χ3v) is 8.16. The quantitative estimate of drug-likeness (QED) is 0.294. The van der Waals surface area contributed by atoms with Gasteiger partial charge in [0.05, 0.1) is 36.8 Å². The summed E-state index contributed by atoms with van der Waals surface area (Å²) >= 11 is 5.90. The van der Waals surface area contributed by atoms with Crippen molar-refractivity contribution in [2.75, 3.05) is 29.8 Å². The van der Waals surface area contributed by atoms with E-state index in [-0.39, 0.29) is 18.9 Å². The van der Waals surface area contributed by atoms with Gasteiger partial charge in [0.15, 0.2) is 16.6 Å². The molecule has 0 amide bonds. The number of pyridine rings is 1. The van der Waals surface area contributed by atoms with E-state index in [9.17, 15) is 8.42 Å². The Bertz CT molecular complexity index is 1760. The van der Waals surface area contributed by atoms with Gasteiger partial charge in [-0.1, -0.05) is 6.07 Å². The molecule has 2 aliphatic heterocycles. The molecule has 10 nitrogen and oxygen atoms in total. The number of nitrogens with one attached hydrogen (secondary N) is 2. The monoisotopic (exact) mass is 591 g/mol. The van der Waals surface area contributed by atoms with Crippen LogP contribution in [-0.2, 0) is 10.0 Å². The number of anilines is 2. The van der Waals surface area contributed by atoms with Gasteiger partial charge >= 0.3 is 0 Å². The highest BCUT2D eigenvalue weighted by Gasteiger charge is 2.42. The zero-order valence-corrected chi connectivity index (χ0v) is 24.5. The predicted octanol–water partition coefficient (Wildman–Crippen LogP) is 4.78. The Kier molecular flexibility index (Phi) is 6.74. The summed E-state index contributed by atoms with van der Waals surface area (Å²) in [5.41, 5.74) is 5.89. The fourth-order valence-corrected chi connectivity index (χ4v) is 6.49. The molecule has 0 bridgehead atoms. The van der Waals surface area contributed by atoms with Crippen molar-refractivity contribution < 1.29 is 22.6 Å². The van der Waals surface area contributed by atoms with Crippen LogP contribution in [0.2, 0.25) is 0 Å². The van der Waals surface area contributed by atoms with Gasteiger partial charge in [-0.3, -0.25) is 9.71 Å². The smallest absolute Gasteiger partial charge is 0.231 e. The van der Waals surface area contributed by atoms with Gasteiger partial charge in [0, 0.05) is 35.0 Å². The molecule has 4 heterocycles. The molecular formula is C29H29N5O5S2. The summed E-state index contributed by atoms with van der Waals surface area (Å²) in [6.45, 7) is 4.34. The molecule has 0 radical (unpaired) electrons. The van der Waals surface area contributed by atoms with Gasteiger partial charge in [-0.25, -0.2) is 8.42 Å². The molecule has 4 aromatic rings. The molecule has 2 aliphatic rings. The molecule has 1 saturated heterocycles. The summed E-state index contributed by atoms with van der Waals surface area (Å²) in [5, 5.41) is 3.97. The molecule has 0 spiro atoms. The number of benzene rings is 2. The van der Waals surface area contributed by atoms with E-state index in [1.54, 1.807) is 18.3 Å². The van der Waals surface area contributed by atoms with Crippen molar-refractivity contribution in [1.29, 1.82) is 0 Å². The van der Waals surface area contributed by atoms with Gasteiger partial charge in [0.1, 0.15) is 5.75 Å². The maximum Gasteiger partial charge on any atom is 0.231 e. The number of aromatic nitrogens is 2. The van der Waals surface area contributed by atoms with Crippen LogP contribution in [0.3, 0.4) is 0 Å². The molecule has 41 heavy (non-hydrogen) atoms. The molecule has 2 aromatic carbocycles. The number of methoxy groups -OCH3 is 1. The zero-order valence-electron chi connectivity index (χ0n) is 22.9. The molecule has 1 fully saturated rings. The number of fused-ring (bicyclic) bond motifs is 1. The van der Waals surface area contributed by atoms with E-state index >= 15 is 0 Å². The summed E-state index contributed by atoms with van der Waals surface area (Å²) < 4.78 is 45.6. The third kappa shape index (κ3) is 4.93. The highest BCUT2D eigenvalue weighted by Crippen LogP contribution is 2.45. The van der Waals surface area contributed by atoms with Crippen LogP contribution in [0, 0.1) is 13.8 Å². The highest BCUT2D eigenvalue weighted by molar-refractivity contribution is 7.92. The van der Waals surface area contributed by atoms with Crippen LogP contribution >= 0.6 is 12.2 Å². The van der Waals surface area contributed by atoms with Gasteiger partial charge in [0.25, 0.3) is 0 Å². The van der Waals surface area contributed by atoms with Gasteiger partial charge < -0.3 is 29.0 Å². The number of hydrogen-bond donors (Lipinski definition) is 2. The standard InChI is InChI=1S/C29H29N5O5S2/c1-17-13-21(18(2)33(17)20-9-11-25-26(15-20)39-16-38-25)28-27(22-7-5-6-12-30-22)31-29(40)34(28)19-8-10-24(37-3)23(14-19)32-41(4,35)36/h5-15,27-28,32H,16H2,1-4H3,(H,31,40)/t27-,28+/m1/s1. The first-order valence-electron chi connectivity index (χ1n) is 12.9. The average molecular weight is 592 g/mol. The fourth-order valence-electron chi connectivity index (χ4n) is 5.58. The lowest BCUT2D eigenvalue weighted by Gasteiger charge is -2.29. The minimum absolute atomic E-state index is 0.206. The lowest BCUT2D eigenvalue weighted by atomic mass is 9.96. The van der Waals surface area contributed by atoms with E-state index in [1.165, 1.54) is 7.11 Å². The minimum Gasteiger partial charge on any atom is -0.495 e. The zero-order chi connectivity index (χ0) is 28.9. The molecular weight excluding hydrogens is 562 g/mol. The van der Waals surface area contributed by atoms with Crippen molar-refractivity contribution in [3.63, 3.8) is 0 Å². The predicted molar refractivity (Wildman–Crippen MR) is 161 cm³/mol. The number of aryl methyl sites for hydroxylation is 1. The Morgan fingerprint density at radius 3 is 2.56 bits per heavy atom. The van der Waals surface area contributed by atoms with Crippen LogP contribution in [0.5, 0.6) is 17.2 Å². The molecule has 12 heteroatoms. The summed E-state index contributed by atoms with van der Waals surface area (Å²) in [6, 6.07) is 18.6. The molecule has 2 aromatic heterocycles. The second kappa shape index (κ2) is 10.3. The van der Waals surface area contributed by atoms with Crippen LogP contribution in [0.15, 0.2) is 66.9 Å². The molecule has 0 unspecified atom stereocenters. The Balaban J connectivity index is 1.50. The third-order valence-electron chi connectivity index (χ3n) is 7.26. The maximum absolute atomic E-state index is 12.1. The van der Waals surface area contributed by atoms with E-state index in [4.69, 9.17) is 26.4 Å². The van der Waals surface area contributed by atoms with Crippen LogP contribution in [0.1, 0.15) is 34.7 Å². The van der Waals surface area contributed by atoms with Crippen LogP contribution < -0.4 is 29.1 Å². The van der Waals surface area contributed by atoms with E-state index in [0.29, 0.717) is 28.0 Å². The number of sulfonamides is 1. The Morgan fingerprint density at radius 1 is 1.05 bits per heavy atom. The van der Waals surface area contributed by atoms with Gasteiger partial charge in [-0.05, 0) is 80.2 Å². The van der Waals surface area contributed by atoms with Crippen molar-refractivity contribution in [1.82, 2.24) is 14.9 Å². The van der Waals surface area contributed by atoms with E-state index in [2.05, 4.69) is 39.5 Å². The number of thiocarbonyl (C=S) groups is 1. The minimum atomic E-state index is -3.56. The van der Waals surface area contributed by atoms with Crippen molar-refractivity contribution in [2.45, 2.75) is 25.9 Å². The van der Waals surface area contributed by atoms with E-state index in [1.807, 2.05) is 47.4 Å². The lowest BCUT2D eigenvalue weighted by Crippen LogP contribution is -2.29. The Labute approximate surface area is 243 Å². The first-order valence-corrected chi connectivity index (χ1v) is 15.2. The average Bonchev–Trinajstić information content (AvgIpc) is 3.62. The van der Waals surface area contributed by atoms with Crippen LogP contribution in [-0.4, -0.2) is 43.2 Å². The molecule has 0 aliphatic carbocycles. The van der Waals surface area contributed by atoms with E-state index < -0.39 is 10.0 Å². The molecule has 212 valence electrons. The maximum atomic E-state index is 12.1. The molecule has 2 N–H and O–H groups in total. The van der Waals surface area contributed by atoms with Crippen LogP contribution in [0.25, 0.3) is 5.69 Å². The summed E-state index contributed by atoms with van der Waals surface area (Å²) in [5.74, 6) is 1.83. The van der Waals surface area contributed by atoms with E-state index in [0.717, 1.165) is 40.3 Å². The van der Waals surface area contributed by atoms with Crippen molar-refractivity contribution in [3.8, 4) is 22.9 Å². The van der Waals surface area contributed by atoms with Gasteiger partial charge in [0.2, 0.25) is 16.8 Å². The second-order valence-electron chi connectivity index (χ2n) is 9.95. The fraction of sp³-hybridized carbons (Fsp3) is 0.241. The summed E-state index contributed by atoms with van der Waals surface area (Å²) in [4.78, 5) is 6.66. The van der Waals surface area contributed by atoms with Gasteiger partial charge in [-0.15, -0.1) is 0 Å². The Hall–Kier alpha value is -4.29. The molecule has 0 saturated carbocycles. The highest BCUT2D eigenvalue weighted by atomic mass is 32.2. The van der Waals surface area contributed by atoms with Crippen LogP contribution in [0.4, 0.5) is 11.4 Å². The summed E-state index contributed by atoms with van der Waals surface area (Å²) in [7, 11) is -2.06. The largest absolute Gasteiger partial charge is 0.495 e. The first kappa shape index (κ1) is 26.9. The normalized spacial score (nSPS) is 18.0. The second-order valence-corrected chi connectivity index (χ2v) is 12.1. The molecule has 6 rings (SSSR count). The van der Waals surface area contributed by atoms with Crippen molar-refractivity contribution >= 4 is 38.7 Å². The number of nitrogens with zero attached hydrogens (tertiary/aromatic N) is 3. The summed E-state index contributed by atoms with van der Waals surface area (Å²) in [6.07, 6.45) is 2.86. The lowest BCUT2D eigenvalue weighted by molar-refractivity contribution is 0.174. The van der Waals surface area contributed by atoms with Crippen molar-refractivity contribution in [3.05, 3.63) is 89.5 Å². The van der Waals surface area contributed by atoms with Gasteiger partial charge in [-0.2, -0.15) is 0 Å². The number of rotatable bonds is 7. The topological polar surface area (TPSA) is 107 Å². The number of hydrogen-bond acceptors (Lipinski definition) is 7. The Morgan fingerprint density at radius 2 is 1.83 bits per heavy atom. The molecule has 2 atom stereocenters. The number of ether oxygens (including phenoxy) is 3. The first-order chi connectivity index (χ1) is 19.6.